The van der Waals surface area contributed by atoms with Crippen molar-refractivity contribution in [3.05, 3.63) is 376 Å². The van der Waals surface area contributed by atoms with Gasteiger partial charge >= 0.3 is 616 Å². The molecular formula is C104H72Ge4. The maximum atomic E-state index is 2.52. The molecular weight excluding hydrogens is 1540 g/mol. The summed E-state index contributed by atoms with van der Waals surface area (Å²) >= 11 is -1.07. The van der Waals surface area contributed by atoms with Gasteiger partial charge in [0.25, 0.3) is 0 Å². The van der Waals surface area contributed by atoms with Gasteiger partial charge in [0, 0.05) is 0 Å². The van der Waals surface area contributed by atoms with Gasteiger partial charge in [0.15, 0.2) is 0 Å². The van der Waals surface area contributed by atoms with Crippen LogP contribution in [0.4, 0.5) is 0 Å². The molecule has 22 rings (SSSR count). The summed E-state index contributed by atoms with van der Waals surface area (Å²) in [4.78, 5) is 0. The molecule has 20 aromatic rings. The Balaban J connectivity index is 0.000000138. The summed E-state index contributed by atoms with van der Waals surface area (Å²) in [6.45, 7) is 0. The van der Waals surface area contributed by atoms with E-state index in [4.69, 9.17) is 0 Å². The van der Waals surface area contributed by atoms with Crippen LogP contribution in [-0.4, -0.2) is 63.9 Å². The molecule has 2 aliphatic heterocycles. The molecule has 504 valence electrons. The molecule has 0 aliphatic carbocycles. The third-order valence-corrected chi connectivity index (χ3v) is 35.8. The van der Waals surface area contributed by atoms with Gasteiger partial charge in [0.05, 0.1) is 0 Å². The molecule has 0 aromatic heterocycles. The molecule has 0 unspecified atom stereocenters. The predicted octanol–water partition coefficient (Wildman–Crippen LogP) is 20.1. The summed E-state index contributed by atoms with van der Waals surface area (Å²) in [5, 5.41) is 20.6. The number of hydrogen-bond donors (Lipinski definition) is 0. The van der Waals surface area contributed by atoms with Crippen molar-refractivity contribution in [1.29, 1.82) is 0 Å². The Morgan fingerprint density at radius 1 is 0.157 bits per heavy atom. The molecule has 4 heteroatoms. The fourth-order valence-corrected chi connectivity index (χ4v) is 29.8. The first-order chi connectivity index (χ1) is 53.4. The molecule has 0 fully saturated rings. The Kier molecular flexibility index (Phi) is 16.2. The number of fused-ring (bicyclic) bond motifs is 14. The van der Waals surface area contributed by atoms with Gasteiger partial charge < -0.3 is 0 Å². The average molecular weight is 1610 g/mol. The molecule has 0 atom stereocenters. The van der Waals surface area contributed by atoms with Crippen molar-refractivity contribution < 1.29 is 0 Å². The van der Waals surface area contributed by atoms with E-state index in [1.807, 2.05) is 0 Å². The summed E-state index contributed by atoms with van der Waals surface area (Å²) < 4.78 is 9.35. The summed E-state index contributed by atoms with van der Waals surface area (Å²) in [5.41, 5.74) is 26.8. The molecule has 0 nitrogen and oxygen atoms in total. The van der Waals surface area contributed by atoms with Crippen molar-refractivity contribution in [2.75, 3.05) is 0 Å². The number of rotatable bonds is 8. The molecule has 0 N–H and O–H groups in total. The van der Waals surface area contributed by atoms with Crippen LogP contribution in [0.2, 0.25) is 0 Å². The topological polar surface area (TPSA) is 0 Å². The van der Waals surface area contributed by atoms with Crippen LogP contribution in [0.3, 0.4) is 0 Å². The molecule has 0 bridgehead atoms. The average Bonchev–Trinajstić information content (AvgIpc) is 0.841. The van der Waals surface area contributed by atoms with Crippen molar-refractivity contribution in [3.8, 4) is 111 Å². The van der Waals surface area contributed by atoms with Crippen molar-refractivity contribution in [2.24, 2.45) is 0 Å². The van der Waals surface area contributed by atoms with Crippen molar-refractivity contribution in [2.45, 2.75) is 0 Å². The zero-order valence-corrected chi connectivity index (χ0v) is 74.5. The van der Waals surface area contributed by atoms with Crippen LogP contribution in [0.1, 0.15) is 0 Å². The standard InChI is InChI=1S/2C52H36Ge2/c53-49-23-5-3-15-40(49)36-14-7-13-35(29-36)39-17-8-19-43-47(39)31-48-41(45-21-10-22-46-42-16-4-6-24-50(42)54-52(45)46)18-9-20-44(48)51(43)37-26-25-34-27-32-11-1-2-12-33(32)28-38(34)30-37;53-48-23-7-5-16-41(48)38-15-4-3-14-37(38)39-18-9-20-43-46(39)31-47-40(42-22-11-25-50-52(42)45-17-6-8-24-49(45)54-50)19-10-21-44(47)51(43)35-27-26-34-28-32-12-1-2-13-33(32)29-36(34)30-35/h2*1-31H,54H2,53H3. The number of hydrogen-bond acceptors (Lipinski definition) is 0. The Morgan fingerprint density at radius 2 is 0.500 bits per heavy atom. The second-order valence-corrected chi connectivity index (χ2v) is 42.0. The zero-order chi connectivity index (χ0) is 71.5. The SMILES string of the molecule is [GeH3][c]1ccccc1-c1cccc(-c2cccc3c(-c4ccc5cc6ccccc6cc5c4)c4cccc(-c5cccc6[c]5[GeH2][c]5ccccc5-6)c4cc23)c1.[GeH3][c]1ccccc1-c1ccccc1-c1cccc2c(-c3ccc4cc5ccccc5cc4c3)c3cccc(-c4ccc[c]5c4-c4cccc[c]4[GeH2]5)c3cc12. The second kappa shape index (κ2) is 26.8. The molecule has 0 radical (unpaired) electrons. The maximum absolute atomic E-state index is 2.52. The fraction of sp³-hybridized carbons (Fsp3) is 0. The van der Waals surface area contributed by atoms with Gasteiger partial charge in [-0.05, 0) is 5.39 Å². The van der Waals surface area contributed by atoms with Gasteiger partial charge in [-0.3, -0.25) is 0 Å². The summed E-state index contributed by atoms with van der Waals surface area (Å²) in [6.07, 6.45) is 0. The van der Waals surface area contributed by atoms with Crippen LogP contribution < -0.4 is 26.4 Å². The normalized spacial score (nSPS) is 12.6. The van der Waals surface area contributed by atoms with E-state index in [-0.39, 0.29) is 0 Å². The molecule has 0 saturated carbocycles. The summed E-state index contributed by atoms with van der Waals surface area (Å²) in [5.74, 6) is 0. The minimum atomic E-state index is -1.17. The van der Waals surface area contributed by atoms with Gasteiger partial charge in [0.1, 0.15) is 0 Å². The fourth-order valence-electron chi connectivity index (χ4n) is 18.5. The second-order valence-electron chi connectivity index (χ2n) is 29.7. The number of benzene rings is 20. The van der Waals surface area contributed by atoms with E-state index in [0.29, 0.717) is 33.0 Å². The van der Waals surface area contributed by atoms with Crippen LogP contribution in [0.15, 0.2) is 376 Å². The van der Waals surface area contributed by atoms with E-state index in [2.05, 4.69) is 376 Å². The first-order valence-corrected chi connectivity index (χ1v) is 48.1. The van der Waals surface area contributed by atoms with E-state index in [1.54, 1.807) is 17.6 Å². The Hall–Kier alpha value is -11.3. The van der Waals surface area contributed by atoms with Gasteiger partial charge in [-0.15, -0.1) is 0 Å². The van der Waals surface area contributed by atoms with Crippen molar-refractivity contribution >= 4 is 176 Å². The molecule has 0 saturated heterocycles. The first-order valence-electron chi connectivity index (χ1n) is 37.9. The molecule has 20 aromatic carbocycles. The zero-order valence-electron chi connectivity index (χ0n) is 60.2. The van der Waals surface area contributed by atoms with Gasteiger partial charge in [-0.25, -0.2) is 0 Å². The van der Waals surface area contributed by atoms with Crippen LogP contribution in [0.5, 0.6) is 0 Å². The molecule has 0 spiro atoms. The molecule has 0 amide bonds. The van der Waals surface area contributed by atoms with Crippen molar-refractivity contribution in [1.82, 2.24) is 0 Å². The summed E-state index contributed by atoms with van der Waals surface area (Å²) in [7, 11) is 0. The quantitative estimate of drug-likeness (QED) is 0.105. The van der Waals surface area contributed by atoms with Gasteiger partial charge in [-0.1, -0.05) is 42.5 Å². The third-order valence-electron chi connectivity index (χ3n) is 23.6. The molecule has 108 heavy (non-hydrogen) atoms. The third kappa shape index (κ3) is 11.1. The van der Waals surface area contributed by atoms with E-state index in [0.717, 1.165) is 0 Å². The van der Waals surface area contributed by atoms with Crippen LogP contribution in [0.25, 0.3) is 197 Å². The molecule has 2 heterocycles. The van der Waals surface area contributed by atoms with E-state index < -0.39 is 30.9 Å². The van der Waals surface area contributed by atoms with E-state index in [1.165, 1.54) is 206 Å². The van der Waals surface area contributed by atoms with E-state index in [9.17, 15) is 0 Å². The minimum absolute atomic E-state index is 0.563. The summed E-state index contributed by atoms with van der Waals surface area (Å²) in [6, 6.07) is 142. The van der Waals surface area contributed by atoms with Crippen LogP contribution in [0, 0.1) is 0 Å². The Morgan fingerprint density at radius 3 is 1.06 bits per heavy atom. The Labute approximate surface area is 657 Å². The van der Waals surface area contributed by atoms with Gasteiger partial charge in [-0.2, -0.15) is 0 Å². The van der Waals surface area contributed by atoms with Crippen LogP contribution in [-0.2, 0) is 0 Å². The predicted molar refractivity (Wildman–Crippen MR) is 482 cm³/mol. The first kappa shape index (κ1) is 65.0. The molecule has 2 aliphatic rings. The van der Waals surface area contributed by atoms with E-state index >= 15 is 0 Å². The van der Waals surface area contributed by atoms with Gasteiger partial charge in [0.2, 0.25) is 0 Å². The van der Waals surface area contributed by atoms with Crippen molar-refractivity contribution in [3.63, 3.8) is 0 Å². The van der Waals surface area contributed by atoms with Crippen LogP contribution >= 0.6 is 0 Å². The monoisotopic (exact) mass is 1620 g/mol. The Bertz CT molecular complexity index is 7160.